The second kappa shape index (κ2) is 5.26. The first-order chi connectivity index (χ1) is 10.1. The number of hydrogen-bond acceptors (Lipinski definition) is 2. The summed E-state index contributed by atoms with van der Waals surface area (Å²) >= 11 is 0. The normalized spacial score (nSPS) is 22.0. The zero-order valence-electron chi connectivity index (χ0n) is 11.6. The number of alkyl halides is 3. The van der Waals surface area contributed by atoms with Crippen molar-refractivity contribution in [1.29, 1.82) is 0 Å². The Balaban J connectivity index is 2.29. The maximum Gasteiger partial charge on any atom is 0.406 e. The molecule has 1 aromatic carbocycles. The van der Waals surface area contributed by atoms with Crippen molar-refractivity contribution in [3.63, 3.8) is 0 Å². The number of halogens is 4. The van der Waals surface area contributed by atoms with Gasteiger partial charge < -0.3 is 10.0 Å². The van der Waals surface area contributed by atoms with Crippen LogP contribution in [0.15, 0.2) is 18.2 Å². The van der Waals surface area contributed by atoms with Crippen LogP contribution in [-0.4, -0.2) is 41.1 Å². The Hall–Kier alpha value is -2.12. The van der Waals surface area contributed by atoms with Gasteiger partial charge in [0.1, 0.15) is 5.82 Å². The highest BCUT2D eigenvalue weighted by Crippen LogP contribution is 2.46. The van der Waals surface area contributed by atoms with E-state index in [0.717, 1.165) is 17.0 Å². The zero-order valence-corrected chi connectivity index (χ0v) is 11.6. The predicted molar refractivity (Wildman–Crippen MR) is 67.8 cm³/mol. The third-order valence-electron chi connectivity index (χ3n) is 3.93. The van der Waals surface area contributed by atoms with Gasteiger partial charge in [-0.05, 0) is 37.1 Å². The Morgan fingerprint density at radius 1 is 1.32 bits per heavy atom. The summed E-state index contributed by atoms with van der Waals surface area (Å²) in [6.07, 6.45) is -5.65. The Morgan fingerprint density at radius 2 is 1.95 bits per heavy atom. The first kappa shape index (κ1) is 16.3. The average molecular weight is 319 g/mol. The number of carboxylic acid groups (broad SMARTS) is 1. The number of amides is 1. The van der Waals surface area contributed by atoms with Crippen LogP contribution in [0.2, 0.25) is 0 Å². The number of likely N-dealkylation sites (tertiary alicyclic amines) is 1. The molecule has 0 saturated carbocycles. The first-order valence-electron chi connectivity index (χ1n) is 6.44. The summed E-state index contributed by atoms with van der Waals surface area (Å²) in [6, 6.07) is 3.31. The van der Waals surface area contributed by atoms with Gasteiger partial charge in [-0.2, -0.15) is 13.2 Å². The standard InChI is InChI=1S/C14H13F4NO3/c1-8-6-9(15)2-3-10(8)11(20)19-5-4-13(7-19,12(21)22)14(16,17)18/h2-3,6H,4-5,7H2,1H3,(H,21,22). The summed E-state index contributed by atoms with van der Waals surface area (Å²) in [5, 5.41) is 8.95. The van der Waals surface area contributed by atoms with Crippen LogP contribution in [0.1, 0.15) is 22.3 Å². The van der Waals surface area contributed by atoms with Gasteiger partial charge in [-0.3, -0.25) is 9.59 Å². The minimum Gasteiger partial charge on any atom is -0.481 e. The molecule has 1 aliphatic heterocycles. The molecule has 1 saturated heterocycles. The molecule has 0 spiro atoms. The average Bonchev–Trinajstić information content (AvgIpc) is 2.83. The van der Waals surface area contributed by atoms with Gasteiger partial charge in [0, 0.05) is 18.7 Å². The molecular formula is C14H13F4NO3. The summed E-state index contributed by atoms with van der Waals surface area (Å²) < 4.78 is 52.2. The molecule has 1 aromatic rings. The van der Waals surface area contributed by atoms with Crippen molar-refractivity contribution in [2.45, 2.75) is 19.5 Å². The Morgan fingerprint density at radius 3 is 2.41 bits per heavy atom. The minimum absolute atomic E-state index is 0.0600. The second-order valence-corrected chi connectivity index (χ2v) is 5.32. The fraction of sp³-hybridized carbons (Fsp3) is 0.429. The number of benzene rings is 1. The van der Waals surface area contributed by atoms with E-state index < -0.39 is 42.3 Å². The number of aliphatic carboxylic acids is 1. The van der Waals surface area contributed by atoms with E-state index in [4.69, 9.17) is 5.11 Å². The largest absolute Gasteiger partial charge is 0.481 e. The number of nitrogens with zero attached hydrogens (tertiary/aromatic N) is 1. The molecule has 0 bridgehead atoms. The van der Waals surface area contributed by atoms with Crippen LogP contribution in [0.25, 0.3) is 0 Å². The molecule has 0 aliphatic carbocycles. The first-order valence-corrected chi connectivity index (χ1v) is 6.44. The van der Waals surface area contributed by atoms with Crippen LogP contribution in [0, 0.1) is 18.2 Å². The summed E-state index contributed by atoms with van der Waals surface area (Å²) in [4.78, 5) is 24.2. The number of rotatable bonds is 2. The van der Waals surface area contributed by atoms with Gasteiger partial charge in [-0.15, -0.1) is 0 Å². The molecule has 0 radical (unpaired) electrons. The number of aryl methyl sites for hydroxylation is 1. The van der Waals surface area contributed by atoms with Gasteiger partial charge in [0.2, 0.25) is 0 Å². The molecule has 0 aromatic heterocycles. The van der Waals surface area contributed by atoms with E-state index in [1.54, 1.807) is 0 Å². The van der Waals surface area contributed by atoms with E-state index in [1.165, 1.54) is 13.0 Å². The molecule has 1 N–H and O–H groups in total. The molecular weight excluding hydrogens is 306 g/mol. The summed E-state index contributed by atoms with van der Waals surface area (Å²) in [6.45, 7) is 0.198. The molecule has 2 rings (SSSR count). The van der Waals surface area contributed by atoms with Gasteiger partial charge in [-0.25, -0.2) is 4.39 Å². The predicted octanol–water partition coefficient (Wildman–Crippen LogP) is 2.61. The van der Waals surface area contributed by atoms with Gasteiger partial charge in [-0.1, -0.05) is 0 Å². The topological polar surface area (TPSA) is 57.6 Å². The number of hydrogen-bond donors (Lipinski definition) is 1. The monoisotopic (exact) mass is 319 g/mol. The lowest BCUT2D eigenvalue weighted by atomic mass is 9.86. The van der Waals surface area contributed by atoms with E-state index >= 15 is 0 Å². The fourth-order valence-electron chi connectivity index (χ4n) is 2.55. The molecule has 1 unspecified atom stereocenters. The van der Waals surface area contributed by atoms with E-state index in [0.29, 0.717) is 0 Å². The minimum atomic E-state index is -4.95. The molecule has 1 aliphatic rings. The quantitative estimate of drug-likeness (QED) is 0.853. The van der Waals surface area contributed by atoms with E-state index in [1.807, 2.05) is 0 Å². The van der Waals surface area contributed by atoms with Crippen LogP contribution >= 0.6 is 0 Å². The molecule has 8 heteroatoms. The Labute approximate surface area is 123 Å². The van der Waals surface area contributed by atoms with Crippen LogP contribution in [0.4, 0.5) is 17.6 Å². The lowest BCUT2D eigenvalue weighted by Crippen LogP contribution is -2.47. The highest BCUT2D eigenvalue weighted by atomic mass is 19.4. The van der Waals surface area contributed by atoms with Crippen LogP contribution in [-0.2, 0) is 4.79 Å². The molecule has 1 fully saturated rings. The maximum absolute atomic E-state index is 13.1. The van der Waals surface area contributed by atoms with Crippen molar-refractivity contribution >= 4 is 11.9 Å². The van der Waals surface area contributed by atoms with E-state index in [9.17, 15) is 27.2 Å². The van der Waals surface area contributed by atoms with Crippen LogP contribution in [0.3, 0.4) is 0 Å². The molecule has 4 nitrogen and oxygen atoms in total. The lowest BCUT2D eigenvalue weighted by molar-refractivity contribution is -0.227. The van der Waals surface area contributed by atoms with Crippen molar-refractivity contribution in [2.75, 3.05) is 13.1 Å². The maximum atomic E-state index is 13.1. The van der Waals surface area contributed by atoms with Crippen molar-refractivity contribution in [1.82, 2.24) is 4.90 Å². The SMILES string of the molecule is Cc1cc(F)ccc1C(=O)N1CCC(C(=O)O)(C(F)(F)F)C1. The highest BCUT2D eigenvalue weighted by molar-refractivity contribution is 5.96. The third kappa shape index (κ3) is 2.53. The van der Waals surface area contributed by atoms with E-state index in [-0.39, 0.29) is 17.7 Å². The van der Waals surface area contributed by atoms with Gasteiger partial charge >= 0.3 is 12.1 Å². The zero-order chi connectivity index (χ0) is 16.7. The number of carbonyl (C=O) groups excluding carboxylic acids is 1. The summed E-state index contributed by atoms with van der Waals surface area (Å²) in [7, 11) is 0. The summed E-state index contributed by atoms with van der Waals surface area (Å²) in [5.74, 6) is -3.29. The fourth-order valence-corrected chi connectivity index (χ4v) is 2.55. The molecule has 120 valence electrons. The van der Waals surface area contributed by atoms with Gasteiger partial charge in [0.05, 0.1) is 0 Å². The van der Waals surface area contributed by atoms with Crippen LogP contribution < -0.4 is 0 Å². The number of carboxylic acids is 1. The smallest absolute Gasteiger partial charge is 0.406 e. The van der Waals surface area contributed by atoms with Gasteiger partial charge in [0.25, 0.3) is 5.91 Å². The Kier molecular flexibility index (Phi) is 3.88. The Bertz CT molecular complexity index is 629. The highest BCUT2D eigenvalue weighted by Gasteiger charge is 2.64. The second-order valence-electron chi connectivity index (χ2n) is 5.32. The summed E-state index contributed by atoms with van der Waals surface area (Å²) in [5.41, 5.74) is -2.61. The molecule has 22 heavy (non-hydrogen) atoms. The molecule has 1 heterocycles. The number of carbonyl (C=O) groups is 2. The molecule has 1 atom stereocenters. The van der Waals surface area contributed by atoms with Crippen molar-refractivity contribution in [2.24, 2.45) is 5.41 Å². The van der Waals surface area contributed by atoms with Crippen molar-refractivity contribution < 1.29 is 32.3 Å². The lowest BCUT2D eigenvalue weighted by Gasteiger charge is -2.27. The van der Waals surface area contributed by atoms with Gasteiger partial charge in [0.15, 0.2) is 5.41 Å². The van der Waals surface area contributed by atoms with Crippen molar-refractivity contribution in [3.05, 3.63) is 35.1 Å². The van der Waals surface area contributed by atoms with Crippen molar-refractivity contribution in [3.8, 4) is 0 Å². The van der Waals surface area contributed by atoms with E-state index in [2.05, 4.69) is 0 Å². The third-order valence-corrected chi connectivity index (χ3v) is 3.93. The molecule has 1 amide bonds. The van der Waals surface area contributed by atoms with Crippen LogP contribution in [0.5, 0.6) is 0 Å².